The minimum atomic E-state index is 0.0327. The summed E-state index contributed by atoms with van der Waals surface area (Å²) >= 11 is 0. The monoisotopic (exact) mass is 309 g/mol. The largest absolute Gasteiger partial charge is 0.355 e. The van der Waals surface area contributed by atoms with Gasteiger partial charge in [0.25, 0.3) is 5.91 Å². The van der Waals surface area contributed by atoms with Crippen LogP contribution in [0.2, 0.25) is 0 Å². The number of benzene rings is 1. The maximum absolute atomic E-state index is 12.6. The van der Waals surface area contributed by atoms with Gasteiger partial charge >= 0.3 is 0 Å². The molecule has 0 atom stereocenters. The third-order valence-corrected chi connectivity index (χ3v) is 4.47. The number of nitrogens with one attached hydrogen (secondary N) is 1. The summed E-state index contributed by atoms with van der Waals surface area (Å²) in [5.41, 5.74) is 3.62. The molecule has 120 valence electrons. The van der Waals surface area contributed by atoms with Crippen molar-refractivity contribution >= 4 is 17.3 Å². The molecule has 1 aliphatic rings. The summed E-state index contributed by atoms with van der Waals surface area (Å²) in [5.74, 6) is 0.742. The van der Waals surface area contributed by atoms with E-state index in [1.165, 1.54) is 5.56 Å². The molecule has 1 N–H and O–H groups in total. The average Bonchev–Trinajstić information content (AvgIpc) is 2.57. The van der Waals surface area contributed by atoms with Crippen LogP contribution in [0.3, 0.4) is 0 Å². The van der Waals surface area contributed by atoms with Crippen molar-refractivity contribution in [2.75, 3.05) is 18.4 Å². The Labute approximate surface area is 137 Å². The van der Waals surface area contributed by atoms with E-state index in [-0.39, 0.29) is 5.91 Å². The van der Waals surface area contributed by atoms with E-state index in [1.54, 1.807) is 6.20 Å². The van der Waals surface area contributed by atoms with E-state index < -0.39 is 0 Å². The first kappa shape index (κ1) is 15.5. The molecule has 23 heavy (non-hydrogen) atoms. The fourth-order valence-electron chi connectivity index (χ4n) is 2.87. The van der Waals surface area contributed by atoms with Gasteiger partial charge in [0.15, 0.2) is 0 Å². The molecule has 1 aromatic heterocycles. The van der Waals surface area contributed by atoms with E-state index in [2.05, 4.69) is 30.2 Å². The Morgan fingerprint density at radius 3 is 2.70 bits per heavy atom. The Morgan fingerprint density at radius 1 is 1.22 bits per heavy atom. The van der Waals surface area contributed by atoms with Gasteiger partial charge in [0.1, 0.15) is 5.69 Å². The minimum absolute atomic E-state index is 0.0327. The zero-order chi connectivity index (χ0) is 16.2. The number of piperidine rings is 1. The summed E-state index contributed by atoms with van der Waals surface area (Å²) in [4.78, 5) is 18.8. The summed E-state index contributed by atoms with van der Waals surface area (Å²) < 4.78 is 0. The predicted molar refractivity (Wildman–Crippen MR) is 93.0 cm³/mol. The topological polar surface area (TPSA) is 45.2 Å². The minimum Gasteiger partial charge on any atom is -0.355 e. The molecule has 0 bridgehead atoms. The molecule has 3 rings (SSSR count). The number of aryl methyl sites for hydroxylation is 1. The SMILES string of the molecule is Cc1ccccc1Nc1ccnc(C(=O)N2CCC(C)CC2)c1. The van der Waals surface area contributed by atoms with Crippen molar-refractivity contribution < 1.29 is 4.79 Å². The zero-order valence-corrected chi connectivity index (χ0v) is 13.7. The van der Waals surface area contributed by atoms with Crippen molar-refractivity contribution in [2.45, 2.75) is 26.7 Å². The average molecular weight is 309 g/mol. The van der Waals surface area contributed by atoms with Crippen molar-refractivity contribution in [3.8, 4) is 0 Å². The van der Waals surface area contributed by atoms with Crippen LogP contribution in [-0.4, -0.2) is 28.9 Å². The first-order valence-electron chi connectivity index (χ1n) is 8.21. The Hall–Kier alpha value is -2.36. The third kappa shape index (κ3) is 3.70. The number of likely N-dealkylation sites (tertiary alicyclic amines) is 1. The van der Waals surface area contributed by atoms with Crippen LogP contribution < -0.4 is 5.32 Å². The maximum atomic E-state index is 12.6. The molecule has 1 aromatic carbocycles. The summed E-state index contributed by atoms with van der Waals surface area (Å²) in [5, 5.41) is 3.37. The van der Waals surface area contributed by atoms with Crippen molar-refractivity contribution in [3.05, 3.63) is 53.9 Å². The lowest BCUT2D eigenvalue weighted by Crippen LogP contribution is -2.38. The second kappa shape index (κ2) is 6.82. The highest BCUT2D eigenvalue weighted by molar-refractivity contribution is 5.93. The van der Waals surface area contributed by atoms with Gasteiger partial charge < -0.3 is 10.2 Å². The Morgan fingerprint density at radius 2 is 1.96 bits per heavy atom. The number of aromatic nitrogens is 1. The van der Waals surface area contributed by atoms with Crippen molar-refractivity contribution in [3.63, 3.8) is 0 Å². The highest BCUT2D eigenvalue weighted by Gasteiger charge is 2.22. The van der Waals surface area contributed by atoms with Gasteiger partial charge in [-0.3, -0.25) is 9.78 Å². The molecular weight excluding hydrogens is 286 g/mol. The molecular formula is C19H23N3O. The van der Waals surface area contributed by atoms with Gasteiger partial charge in [-0.25, -0.2) is 0 Å². The van der Waals surface area contributed by atoms with E-state index in [4.69, 9.17) is 0 Å². The lowest BCUT2D eigenvalue weighted by molar-refractivity contribution is 0.0691. The number of anilines is 2. The van der Waals surface area contributed by atoms with Gasteiger partial charge in [-0.1, -0.05) is 25.1 Å². The highest BCUT2D eigenvalue weighted by Crippen LogP contribution is 2.22. The second-order valence-electron chi connectivity index (χ2n) is 6.34. The first-order chi connectivity index (χ1) is 11.1. The molecule has 0 radical (unpaired) electrons. The van der Waals surface area contributed by atoms with Gasteiger partial charge in [-0.15, -0.1) is 0 Å². The van der Waals surface area contributed by atoms with Crippen molar-refractivity contribution in [2.24, 2.45) is 5.92 Å². The number of amides is 1. The number of para-hydroxylation sites is 1. The van der Waals surface area contributed by atoms with E-state index in [9.17, 15) is 4.79 Å². The van der Waals surface area contributed by atoms with Crippen LogP contribution in [0.15, 0.2) is 42.6 Å². The summed E-state index contributed by atoms with van der Waals surface area (Å²) in [6.07, 6.45) is 3.85. The van der Waals surface area contributed by atoms with Gasteiger partial charge in [0.2, 0.25) is 0 Å². The van der Waals surface area contributed by atoms with Gasteiger partial charge in [0, 0.05) is 30.7 Å². The molecule has 2 heterocycles. The number of hydrogen-bond donors (Lipinski definition) is 1. The van der Waals surface area contributed by atoms with Crippen molar-refractivity contribution in [1.82, 2.24) is 9.88 Å². The maximum Gasteiger partial charge on any atom is 0.272 e. The number of pyridine rings is 1. The molecule has 0 unspecified atom stereocenters. The number of carbonyl (C=O) groups excluding carboxylic acids is 1. The lowest BCUT2D eigenvalue weighted by Gasteiger charge is -2.30. The van der Waals surface area contributed by atoms with Crippen LogP contribution in [0.1, 0.15) is 35.8 Å². The van der Waals surface area contributed by atoms with Gasteiger partial charge in [0.05, 0.1) is 0 Å². The zero-order valence-electron chi connectivity index (χ0n) is 13.7. The Kier molecular flexibility index (Phi) is 4.60. The van der Waals surface area contributed by atoms with Crippen LogP contribution in [0.4, 0.5) is 11.4 Å². The fourth-order valence-corrected chi connectivity index (χ4v) is 2.87. The third-order valence-electron chi connectivity index (χ3n) is 4.47. The molecule has 2 aromatic rings. The lowest BCUT2D eigenvalue weighted by atomic mass is 9.99. The molecule has 0 spiro atoms. The normalized spacial score (nSPS) is 15.5. The second-order valence-corrected chi connectivity index (χ2v) is 6.34. The smallest absolute Gasteiger partial charge is 0.272 e. The Bertz CT molecular complexity index is 691. The molecule has 1 aliphatic heterocycles. The molecule has 4 nitrogen and oxygen atoms in total. The fraction of sp³-hybridized carbons (Fsp3) is 0.368. The van der Waals surface area contributed by atoms with Crippen LogP contribution in [0.5, 0.6) is 0 Å². The molecule has 4 heteroatoms. The summed E-state index contributed by atoms with van der Waals surface area (Å²) in [7, 11) is 0. The van der Waals surface area contributed by atoms with Crippen molar-refractivity contribution in [1.29, 1.82) is 0 Å². The van der Waals surface area contributed by atoms with E-state index in [0.29, 0.717) is 11.6 Å². The molecule has 1 saturated heterocycles. The van der Waals surface area contributed by atoms with Crippen LogP contribution in [-0.2, 0) is 0 Å². The first-order valence-corrected chi connectivity index (χ1v) is 8.21. The number of rotatable bonds is 3. The van der Waals surface area contributed by atoms with E-state index in [1.807, 2.05) is 35.2 Å². The Balaban J connectivity index is 1.75. The van der Waals surface area contributed by atoms with Crippen LogP contribution in [0, 0.1) is 12.8 Å². The number of carbonyl (C=O) groups is 1. The van der Waals surface area contributed by atoms with E-state index >= 15 is 0 Å². The van der Waals surface area contributed by atoms with Gasteiger partial charge in [-0.2, -0.15) is 0 Å². The molecule has 1 amide bonds. The van der Waals surface area contributed by atoms with Crippen LogP contribution >= 0.6 is 0 Å². The van der Waals surface area contributed by atoms with E-state index in [0.717, 1.165) is 37.3 Å². The standard InChI is InChI=1S/C19H23N3O/c1-14-8-11-22(12-9-14)19(23)18-13-16(7-10-20-18)21-17-6-4-3-5-15(17)2/h3-7,10,13-14H,8-9,11-12H2,1-2H3,(H,20,21). The van der Waals surface area contributed by atoms with Crippen LogP contribution in [0.25, 0.3) is 0 Å². The molecule has 0 aliphatic carbocycles. The molecule has 0 saturated carbocycles. The number of hydrogen-bond acceptors (Lipinski definition) is 3. The highest BCUT2D eigenvalue weighted by atomic mass is 16.2. The quantitative estimate of drug-likeness (QED) is 0.932. The van der Waals surface area contributed by atoms with Gasteiger partial charge in [-0.05, 0) is 49.4 Å². The summed E-state index contributed by atoms with van der Waals surface area (Å²) in [6.45, 7) is 5.96. The molecule has 1 fully saturated rings. The predicted octanol–water partition coefficient (Wildman–Crippen LogP) is 4.01. The number of nitrogens with zero attached hydrogens (tertiary/aromatic N) is 2. The summed E-state index contributed by atoms with van der Waals surface area (Å²) in [6, 6.07) is 11.8.